The van der Waals surface area contributed by atoms with E-state index < -0.39 is 12.1 Å². The van der Waals surface area contributed by atoms with Crippen molar-refractivity contribution in [2.75, 3.05) is 11.9 Å². The first kappa shape index (κ1) is 19.5. The van der Waals surface area contributed by atoms with Crippen LogP contribution in [0.3, 0.4) is 0 Å². The minimum atomic E-state index is -4.92. The molecule has 2 amide bonds. The molecule has 0 unspecified atom stereocenters. The number of nitrogens with zero attached hydrogens (tertiary/aromatic N) is 3. The Morgan fingerprint density at radius 2 is 2.00 bits per heavy atom. The van der Waals surface area contributed by atoms with Crippen LogP contribution >= 0.6 is 0 Å². The molecule has 0 aliphatic carbocycles. The van der Waals surface area contributed by atoms with Gasteiger partial charge in [0.1, 0.15) is 0 Å². The van der Waals surface area contributed by atoms with E-state index in [0.29, 0.717) is 28.3 Å². The van der Waals surface area contributed by atoms with Crippen molar-refractivity contribution in [3.05, 3.63) is 47.8 Å². The number of hydrogen-bond donors (Lipinski definition) is 1. The summed E-state index contributed by atoms with van der Waals surface area (Å²) in [5, 5.41) is 6.68. The molecule has 6 nitrogen and oxygen atoms in total. The fourth-order valence-corrected chi connectivity index (χ4v) is 2.33. The van der Waals surface area contributed by atoms with Crippen molar-refractivity contribution in [1.29, 1.82) is 0 Å². The molecule has 1 heterocycles. The average molecular weight is 368 g/mol. The van der Waals surface area contributed by atoms with E-state index in [2.05, 4.69) is 10.4 Å². The van der Waals surface area contributed by atoms with Crippen molar-refractivity contribution in [2.45, 2.75) is 33.1 Å². The average Bonchev–Trinajstić information content (AvgIpc) is 3.08. The van der Waals surface area contributed by atoms with Crippen LogP contribution in [0.25, 0.3) is 0 Å². The SMILES string of the molecule is CCN(Cc1cccc(NC(=O)c2cnn(CC)c2)c1)C(=O)C(F)(F)F. The Hall–Kier alpha value is -2.84. The standard InChI is InChI=1S/C17H19F3N4O2/c1-3-23(16(26)17(18,19)20)10-12-6-5-7-14(8-12)22-15(25)13-9-21-24(4-2)11-13/h5-9,11H,3-4,10H2,1-2H3,(H,22,25). The van der Waals surface area contributed by atoms with Gasteiger partial charge in [0.05, 0.1) is 11.8 Å². The Labute approximate surface area is 148 Å². The Morgan fingerprint density at radius 1 is 1.27 bits per heavy atom. The molecule has 1 aromatic carbocycles. The molecule has 0 atom stereocenters. The normalized spacial score (nSPS) is 11.3. The number of aryl methyl sites for hydroxylation is 1. The van der Waals surface area contributed by atoms with Gasteiger partial charge in [-0.05, 0) is 31.5 Å². The Balaban J connectivity index is 2.09. The third-order valence-corrected chi connectivity index (χ3v) is 3.69. The molecule has 0 saturated carbocycles. The number of nitrogens with one attached hydrogen (secondary N) is 1. The van der Waals surface area contributed by atoms with E-state index in [9.17, 15) is 22.8 Å². The lowest BCUT2D eigenvalue weighted by molar-refractivity contribution is -0.185. The zero-order valence-corrected chi connectivity index (χ0v) is 14.4. The number of aromatic nitrogens is 2. The predicted octanol–water partition coefficient (Wildman–Crippen LogP) is 3.07. The molecule has 1 aromatic heterocycles. The van der Waals surface area contributed by atoms with Gasteiger partial charge in [0, 0.05) is 31.5 Å². The number of carbonyl (C=O) groups is 2. The van der Waals surface area contributed by atoms with Crippen LogP contribution in [0.4, 0.5) is 18.9 Å². The van der Waals surface area contributed by atoms with Crippen molar-refractivity contribution < 1.29 is 22.8 Å². The summed E-state index contributed by atoms with van der Waals surface area (Å²) in [6.45, 7) is 3.71. The first-order valence-corrected chi connectivity index (χ1v) is 8.03. The van der Waals surface area contributed by atoms with Crippen LogP contribution in [0.5, 0.6) is 0 Å². The second-order valence-corrected chi connectivity index (χ2v) is 5.56. The highest BCUT2D eigenvalue weighted by atomic mass is 19.4. The summed E-state index contributed by atoms with van der Waals surface area (Å²) in [5.41, 5.74) is 1.28. The van der Waals surface area contributed by atoms with Crippen molar-refractivity contribution >= 4 is 17.5 Å². The van der Waals surface area contributed by atoms with Crippen LogP contribution in [0.15, 0.2) is 36.7 Å². The van der Waals surface area contributed by atoms with Gasteiger partial charge < -0.3 is 10.2 Å². The lowest BCUT2D eigenvalue weighted by Crippen LogP contribution is -2.40. The summed E-state index contributed by atoms with van der Waals surface area (Å²) < 4.78 is 39.4. The Kier molecular flexibility index (Phi) is 6.01. The number of amides is 2. The quantitative estimate of drug-likeness (QED) is 0.852. The molecule has 9 heteroatoms. The Bertz CT molecular complexity index is 786. The molecule has 0 bridgehead atoms. The van der Waals surface area contributed by atoms with Crippen molar-refractivity contribution in [3.8, 4) is 0 Å². The maximum absolute atomic E-state index is 12.6. The van der Waals surface area contributed by atoms with E-state index in [1.165, 1.54) is 19.2 Å². The molecular weight excluding hydrogens is 349 g/mol. The van der Waals surface area contributed by atoms with E-state index in [1.807, 2.05) is 6.92 Å². The van der Waals surface area contributed by atoms with Crippen LogP contribution < -0.4 is 5.32 Å². The molecule has 0 radical (unpaired) electrons. The molecular formula is C17H19F3N4O2. The first-order chi connectivity index (χ1) is 12.2. The molecule has 140 valence electrons. The number of rotatable bonds is 6. The van der Waals surface area contributed by atoms with Gasteiger partial charge in [0.25, 0.3) is 5.91 Å². The molecule has 0 aliphatic rings. The third-order valence-electron chi connectivity index (χ3n) is 3.69. The van der Waals surface area contributed by atoms with E-state index in [1.54, 1.807) is 29.1 Å². The zero-order chi connectivity index (χ0) is 19.3. The lowest BCUT2D eigenvalue weighted by atomic mass is 10.1. The van der Waals surface area contributed by atoms with E-state index in [0.717, 1.165) is 0 Å². The van der Waals surface area contributed by atoms with Gasteiger partial charge in [-0.1, -0.05) is 12.1 Å². The minimum Gasteiger partial charge on any atom is -0.331 e. The van der Waals surface area contributed by atoms with E-state index in [-0.39, 0.29) is 19.0 Å². The molecule has 0 spiro atoms. The largest absolute Gasteiger partial charge is 0.471 e. The molecule has 2 aromatic rings. The van der Waals surface area contributed by atoms with Crippen LogP contribution in [0.1, 0.15) is 29.8 Å². The van der Waals surface area contributed by atoms with Crippen LogP contribution in [-0.4, -0.2) is 39.2 Å². The number of hydrogen-bond acceptors (Lipinski definition) is 3. The Morgan fingerprint density at radius 3 is 2.58 bits per heavy atom. The zero-order valence-electron chi connectivity index (χ0n) is 14.4. The maximum Gasteiger partial charge on any atom is 0.471 e. The summed E-state index contributed by atoms with van der Waals surface area (Å²) in [6, 6.07) is 6.35. The summed E-state index contributed by atoms with van der Waals surface area (Å²) in [5.74, 6) is -2.26. The molecule has 0 fully saturated rings. The number of carbonyl (C=O) groups excluding carboxylic acids is 2. The first-order valence-electron chi connectivity index (χ1n) is 8.03. The smallest absolute Gasteiger partial charge is 0.331 e. The second kappa shape index (κ2) is 8.03. The van der Waals surface area contributed by atoms with Crippen LogP contribution in [0.2, 0.25) is 0 Å². The molecule has 0 saturated heterocycles. The highest BCUT2D eigenvalue weighted by Gasteiger charge is 2.41. The van der Waals surface area contributed by atoms with Crippen molar-refractivity contribution in [1.82, 2.24) is 14.7 Å². The number of alkyl halides is 3. The van der Waals surface area contributed by atoms with Gasteiger partial charge >= 0.3 is 12.1 Å². The number of halogens is 3. The fraction of sp³-hybridized carbons (Fsp3) is 0.353. The molecule has 2 rings (SSSR count). The molecule has 26 heavy (non-hydrogen) atoms. The summed E-state index contributed by atoms with van der Waals surface area (Å²) in [7, 11) is 0. The highest BCUT2D eigenvalue weighted by Crippen LogP contribution is 2.21. The fourth-order valence-electron chi connectivity index (χ4n) is 2.33. The van der Waals surface area contributed by atoms with Gasteiger partial charge in [-0.2, -0.15) is 18.3 Å². The van der Waals surface area contributed by atoms with E-state index >= 15 is 0 Å². The minimum absolute atomic E-state index is 0.0782. The summed E-state index contributed by atoms with van der Waals surface area (Å²) >= 11 is 0. The van der Waals surface area contributed by atoms with Crippen LogP contribution in [-0.2, 0) is 17.9 Å². The summed E-state index contributed by atoms with van der Waals surface area (Å²) in [4.78, 5) is 24.3. The highest BCUT2D eigenvalue weighted by molar-refractivity contribution is 6.03. The van der Waals surface area contributed by atoms with Gasteiger partial charge in [0.15, 0.2) is 0 Å². The van der Waals surface area contributed by atoms with Gasteiger partial charge in [-0.25, -0.2) is 0 Å². The topological polar surface area (TPSA) is 67.2 Å². The van der Waals surface area contributed by atoms with Gasteiger partial charge in [-0.15, -0.1) is 0 Å². The van der Waals surface area contributed by atoms with Crippen LogP contribution in [0, 0.1) is 0 Å². The molecule has 1 N–H and O–H groups in total. The lowest BCUT2D eigenvalue weighted by Gasteiger charge is -2.22. The maximum atomic E-state index is 12.6. The number of benzene rings is 1. The second-order valence-electron chi connectivity index (χ2n) is 5.56. The molecule has 0 aliphatic heterocycles. The third kappa shape index (κ3) is 4.84. The monoisotopic (exact) mass is 368 g/mol. The van der Waals surface area contributed by atoms with Gasteiger partial charge in [0.2, 0.25) is 0 Å². The number of anilines is 1. The van der Waals surface area contributed by atoms with Crippen molar-refractivity contribution in [3.63, 3.8) is 0 Å². The van der Waals surface area contributed by atoms with Crippen molar-refractivity contribution in [2.24, 2.45) is 0 Å². The van der Waals surface area contributed by atoms with E-state index in [4.69, 9.17) is 0 Å². The van der Waals surface area contributed by atoms with Gasteiger partial charge in [-0.3, -0.25) is 14.3 Å². The predicted molar refractivity (Wildman–Crippen MR) is 89.4 cm³/mol. The summed E-state index contributed by atoms with van der Waals surface area (Å²) in [6.07, 6.45) is -1.88.